The SMILES string of the molecule is CCc1coc(-c2cc(OC)c(OC)c(OC)c2)c1C(=O)O. The third-order valence-corrected chi connectivity index (χ3v) is 3.39. The van der Waals surface area contributed by atoms with Crippen LogP contribution in [-0.2, 0) is 6.42 Å². The molecular weight excluding hydrogens is 288 g/mol. The highest BCUT2D eigenvalue weighted by Gasteiger charge is 2.23. The van der Waals surface area contributed by atoms with Crippen molar-refractivity contribution in [2.75, 3.05) is 21.3 Å². The van der Waals surface area contributed by atoms with Gasteiger partial charge >= 0.3 is 5.97 Å². The summed E-state index contributed by atoms with van der Waals surface area (Å²) < 4.78 is 21.3. The zero-order valence-corrected chi connectivity index (χ0v) is 12.9. The van der Waals surface area contributed by atoms with Crippen molar-refractivity contribution in [2.45, 2.75) is 13.3 Å². The number of rotatable bonds is 6. The summed E-state index contributed by atoms with van der Waals surface area (Å²) >= 11 is 0. The Labute approximate surface area is 128 Å². The van der Waals surface area contributed by atoms with Crippen molar-refractivity contribution >= 4 is 5.97 Å². The lowest BCUT2D eigenvalue weighted by Gasteiger charge is -2.13. The number of ether oxygens (including phenoxy) is 3. The smallest absolute Gasteiger partial charge is 0.339 e. The monoisotopic (exact) mass is 306 g/mol. The molecule has 2 aromatic rings. The summed E-state index contributed by atoms with van der Waals surface area (Å²) in [4.78, 5) is 11.5. The largest absolute Gasteiger partial charge is 0.493 e. The fourth-order valence-corrected chi connectivity index (χ4v) is 2.31. The van der Waals surface area contributed by atoms with Gasteiger partial charge in [-0.05, 0) is 18.6 Å². The van der Waals surface area contributed by atoms with E-state index in [4.69, 9.17) is 18.6 Å². The minimum Gasteiger partial charge on any atom is -0.493 e. The summed E-state index contributed by atoms with van der Waals surface area (Å²) in [7, 11) is 4.50. The highest BCUT2D eigenvalue weighted by Crippen LogP contribution is 2.42. The van der Waals surface area contributed by atoms with Gasteiger partial charge in [0.05, 0.1) is 27.6 Å². The minimum atomic E-state index is -1.03. The predicted molar refractivity (Wildman–Crippen MR) is 80.1 cm³/mol. The van der Waals surface area contributed by atoms with Gasteiger partial charge in [-0.1, -0.05) is 6.92 Å². The molecule has 0 saturated heterocycles. The molecule has 2 rings (SSSR count). The summed E-state index contributed by atoms with van der Waals surface area (Å²) in [6.45, 7) is 1.87. The Morgan fingerprint density at radius 1 is 1.14 bits per heavy atom. The van der Waals surface area contributed by atoms with Crippen LogP contribution in [0.15, 0.2) is 22.8 Å². The molecule has 0 aliphatic carbocycles. The lowest BCUT2D eigenvalue weighted by atomic mass is 10.0. The Balaban J connectivity index is 2.68. The Kier molecular flexibility index (Phi) is 4.60. The molecule has 1 aromatic heterocycles. The van der Waals surface area contributed by atoms with Crippen molar-refractivity contribution in [1.82, 2.24) is 0 Å². The number of benzene rings is 1. The van der Waals surface area contributed by atoms with Gasteiger partial charge in [-0.25, -0.2) is 4.79 Å². The highest BCUT2D eigenvalue weighted by molar-refractivity contribution is 5.96. The number of methoxy groups -OCH3 is 3. The molecule has 0 fully saturated rings. The third kappa shape index (κ3) is 2.59. The van der Waals surface area contributed by atoms with Crippen molar-refractivity contribution < 1.29 is 28.5 Å². The Morgan fingerprint density at radius 3 is 2.14 bits per heavy atom. The van der Waals surface area contributed by atoms with Gasteiger partial charge in [-0.3, -0.25) is 0 Å². The molecule has 6 nitrogen and oxygen atoms in total. The molecule has 0 atom stereocenters. The number of aryl methyl sites for hydroxylation is 1. The zero-order chi connectivity index (χ0) is 16.3. The predicted octanol–water partition coefficient (Wildman–Crippen LogP) is 3.23. The first-order valence-electron chi connectivity index (χ1n) is 6.71. The number of hydrogen-bond acceptors (Lipinski definition) is 5. The first-order valence-corrected chi connectivity index (χ1v) is 6.71. The van der Waals surface area contributed by atoms with Crippen LogP contribution in [-0.4, -0.2) is 32.4 Å². The quantitative estimate of drug-likeness (QED) is 0.882. The molecule has 0 spiro atoms. The molecule has 0 amide bonds. The maximum Gasteiger partial charge on any atom is 0.339 e. The van der Waals surface area contributed by atoms with Crippen molar-refractivity contribution in [1.29, 1.82) is 0 Å². The molecule has 22 heavy (non-hydrogen) atoms. The van der Waals surface area contributed by atoms with Crippen LogP contribution in [0, 0.1) is 0 Å². The maximum absolute atomic E-state index is 11.5. The van der Waals surface area contributed by atoms with Crippen molar-refractivity contribution in [3.05, 3.63) is 29.5 Å². The van der Waals surface area contributed by atoms with Gasteiger partial charge in [-0.15, -0.1) is 0 Å². The molecule has 1 aromatic carbocycles. The van der Waals surface area contributed by atoms with E-state index >= 15 is 0 Å². The first-order chi connectivity index (χ1) is 10.6. The van der Waals surface area contributed by atoms with Gasteiger partial charge in [0.2, 0.25) is 5.75 Å². The average molecular weight is 306 g/mol. The zero-order valence-electron chi connectivity index (χ0n) is 12.9. The third-order valence-electron chi connectivity index (χ3n) is 3.39. The van der Waals surface area contributed by atoms with Gasteiger partial charge in [0.1, 0.15) is 11.3 Å². The van der Waals surface area contributed by atoms with Crippen LogP contribution >= 0.6 is 0 Å². The molecule has 0 saturated carbocycles. The molecule has 0 unspecified atom stereocenters. The molecule has 118 valence electrons. The van der Waals surface area contributed by atoms with E-state index in [1.54, 1.807) is 12.1 Å². The summed E-state index contributed by atoms with van der Waals surface area (Å²) in [6, 6.07) is 3.32. The van der Waals surface area contributed by atoms with Crippen molar-refractivity contribution in [2.24, 2.45) is 0 Å². The Hall–Kier alpha value is -2.63. The molecule has 0 aliphatic rings. The van der Waals surface area contributed by atoms with Crippen molar-refractivity contribution in [3.63, 3.8) is 0 Å². The van der Waals surface area contributed by atoms with E-state index in [1.165, 1.54) is 27.6 Å². The summed E-state index contributed by atoms with van der Waals surface area (Å²) in [5, 5.41) is 9.43. The second-order valence-corrected chi connectivity index (χ2v) is 4.54. The van der Waals surface area contributed by atoms with Crippen LogP contribution < -0.4 is 14.2 Å². The second-order valence-electron chi connectivity index (χ2n) is 4.54. The molecule has 1 heterocycles. The first kappa shape index (κ1) is 15.8. The number of aromatic carboxylic acids is 1. The van der Waals surface area contributed by atoms with Gasteiger partial charge in [0, 0.05) is 11.1 Å². The van der Waals surface area contributed by atoms with Crippen LogP contribution in [0.2, 0.25) is 0 Å². The van der Waals surface area contributed by atoms with E-state index in [0.29, 0.717) is 34.8 Å². The molecule has 6 heteroatoms. The molecular formula is C16H18O6. The van der Waals surface area contributed by atoms with E-state index in [2.05, 4.69) is 0 Å². The van der Waals surface area contributed by atoms with Gasteiger partial charge in [0.25, 0.3) is 0 Å². The second kappa shape index (κ2) is 6.43. The summed E-state index contributed by atoms with van der Waals surface area (Å²) in [5.74, 6) is 0.538. The fraction of sp³-hybridized carbons (Fsp3) is 0.312. The lowest BCUT2D eigenvalue weighted by Crippen LogP contribution is -2.01. The Bertz CT molecular complexity index is 661. The van der Waals surface area contributed by atoms with E-state index in [1.807, 2.05) is 6.92 Å². The maximum atomic E-state index is 11.5. The van der Waals surface area contributed by atoms with Crippen LogP contribution in [0.25, 0.3) is 11.3 Å². The minimum absolute atomic E-state index is 0.150. The topological polar surface area (TPSA) is 78.1 Å². The van der Waals surface area contributed by atoms with E-state index in [-0.39, 0.29) is 11.3 Å². The molecule has 1 N–H and O–H groups in total. The van der Waals surface area contributed by atoms with E-state index < -0.39 is 5.97 Å². The number of carbonyl (C=O) groups is 1. The number of carboxylic acids is 1. The lowest BCUT2D eigenvalue weighted by molar-refractivity contribution is 0.0696. The fourth-order valence-electron chi connectivity index (χ4n) is 2.31. The summed E-state index contributed by atoms with van der Waals surface area (Å²) in [6.07, 6.45) is 2.03. The highest BCUT2D eigenvalue weighted by atomic mass is 16.5. The number of furan rings is 1. The van der Waals surface area contributed by atoms with Gasteiger partial charge in [-0.2, -0.15) is 0 Å². The number of carboxylic acid groups (broad SMARTS) is 1. The Morgan fingerprint density at radius 2 is 1.73 bits per heavy atom. The number of hydrogen-bond donors (Lipinski definition) is 1. The van der Waals surface area contributed by atoms with E-state index in [9.17, 15) is 9.90 Å². The van der Waals surface area contributed by atoms with Gasteiger partial charge < -0.3 is 23.7 Å². The average Bonchev–Trinajstić information content (AvgIpc) is 2.97. The van der Waals surface area contributed by atoms with Crippen molar-refractivity contribution in [3.8, 4) is 28.6 Å². The molecule has 0 aliphatic heterocycles. The molecule has 0 bridgehead atoms. The van der Waals surface area contributed by atoms with Crippen LogP contribution in [0.5, 0.6) is 17.2 Å². The molecule has 0 radical (unpaired) electrons. The van der Waals surface area contributed by atoms with Gasteiger partial charge in [0.15, 0.2) is 11.5 Å². The normalized spacial score (nSPS) is 10.4. The van der Waals surface area contributed by atoms with Crippen LogP contribution in [0.1, 0.15) is 22.8 Å². The van der Waals surface area contributed by atoms with Crippen LogP contribution in [0.4, 0.5) is 0 Å². The standard InChI is InChI=1S/C16H18O6/c1-5-9-8-22-14(13(9)16(17)18)10-6-11(19-2)15(21-4)12(7-10)20-3/h6-8H,5H2,1-4H3,(H,17,18). The summed E-state index contributed by atoms with van der Waals surface area (Å²) in [5.41, 5.74) is 1.33. The van der Waals surface area contributed by atoms with E-state index in [0.717, 1.165) is 0 Å². The van der Waals surface area contributed by atoms with Crippen LogP contribution in [0.3, 0.4) is 0 Å².